The summed E-state index contributed by atoms with van der Waals surface area (Å²) >= 11 is 0. The topological polar surface area (TPSA) is 182 Å². The van der Waals surface area contributed by atoms with Gasteiger partial charge in [-0.2, -0.15) is 0 Å². The number of amides is 1. The lowest BCUT2D eigenvalue weighted by Gasteiger charge is -2.51. The lowest BCUT2D eigenvalue weighted by molar-refractivity contribution is -0.155. The molecular formula is C27H26N2O8. The van der Waals surface area contributed by atoms with Crippen molar-refractivity contribution < 1.29 is 39.9 Å². The molecule has 37 heavy (non-hydrogen) atoms. The first kappa shape index (κ1) is 24.7. The van der Waals surface area contributed by atoms with Gasteiger partial charge < -0.3 is 31.3 Å². The molecule has 1 amide bonds. The Morgan fingerprint density at radius 3 is 2.30 bits per heavy atom. The molecule has 0 aliphatic heterocycles. The third kappa shape index (κ3) is 3.19. The minimum absolute atomic E-state index is 0.176. The molecule has 5 rings (SSSR count). The molecule has 0 bridgehead atoms. The third-order valence-corrected chi connectivity index (χ3v) is 7.78. The standard InChI is InChI=1S/C27H26N2O8/c1-29(2)20-14-10-13-17(24(34)27(14,37)25(35)19(23(20)33)26(28)36)22(32)18-15(30)9-8-12(16(18)21(13)31)11-6-4-3-5-7-11/h3-9,13-14,20-21,30-32,35,37H,10H2,1-2H3,(H2,28,36)/t13-,14-,20-,21-,27-/m0/s1. The fraction of sp³-hybridized carbons (Fsp3) is 0.296. The van der Waals surface area contributed by atoms with Crippen molar-refractivity contribution in [2.75, 3.05) is 14.1 Å². The summed E-state index contributed by atoms with van der Waals surface area (Å²) in [6.07, 6.45) is -1.63. The second-order valence-corrected chi connectivity index (χ2v) is 9.90. The van der Waals surface area contributed by atoms with E-state index in [2.05, 4.69) is 0 Å². The maximum Gasteiger partial charge on any atom is 0.255 e. The number of aliphatic hydroxyl groups is 4. The van der Waals surface area contributed by atoms with Gasteiger partial charge in [0.25, 0.3) is 5.91 Å². The van der Waals surface area contributed by atoms with Gasteiger partial charge in [-0.25, -0.2) is 0 Å². The zero-order valence-corrected chi connectivity index (χ0v) is 20.0. The van der Waals surface area contributed by atoms with E-state index < -0.39 is 75.5 Å². The fourth-order valence-electron chi connectivity index (χ4n) is 6.15. The van der Waals surface area contributed by atoms with E-state index in [0.29, 0.717) is 11.1 Å². The lowest BCUT2D eigenvalue weighted by atomic mass is 9.56. The number of aromatic hydroxyl groups is 1. The molecule has 0 saturated heterocycles. The first-order valence-corrected chi connectivity index (χ1v) is 11.7. The van der Waals surface area contributed by atoms with E-state index in [1.165, 1.54) is 25.1 Å². The summed E-state index contributed by atoms with van der Waals surface area (Å²) in [4.78, 5) is 40.5. The number of benzene rings is 2. The number of nitrogens with zero attached hydrogens (tertiary/aromatic N) is 1. The Balaban J connectivity index is 1.79. The molecule has 0 spiro atoms. The molecule has 7 N–H and O–H groups in total. The number of ketones is 2. The van der Waals surface area contributed by atoms with Crippen molar-refractivity contribution in [1.82, 2.24) is 4.90 Å². The average molecular weight is 507 g/mol. The maximum atomic E-state index is 13.9. The van der Waals surface area contributed by atoms with Gasteiger partial charge in [-0.05, 0) is 37.7 Å². The van der Waals surface area contributed by atoms with Crippen LogP contribution in [0.25, 0.3) is 16.9 Å². The van der Waals surface area contributed by atoms with E-state index in [9.17, 15) is 39.9 Å². The molecule has 3 aliphatic rings. The number of fused-ring (bicyclic) bond motifs is 3. The molecule has 2 aromatic rings. The van der Waals surface area contributed by atoms with Crippen LogP contribution in [-0.2, 0) is 14.4 Å². The SMILES string of the molecule is CN(C)[C@@H]1C(=O)C(C(N)=O)=C(O)[C@@]2(O)C(=O)C3=C(O)c4c(O)ccc(-c5ccccc5)c4[C@@H](O)[C@H]3C[C@@H]12. The number of rotatable bonds is 3. The van der Waals surface area contributed by atoms with Crippen LogP contribution in [0.5, 0.6) is 5.75 Å². The van der Waals surface area contributed by atoms with Crippen LogP contribution < -0.4 is 5.73 Å². The summed E-state index contributed by atoms with van der Waals surface area (Å²) in [5.74, 6) is -7.97. The molecule has 1 saturated carbocycles. The molecule has 0 aromatic heterocycles. The molecule has 1 fully saturated rings. The Labute approximate surface area is 211 Å². The second-order valence-electron chi connectivity index (χ2n) is 9.90. The minimum atomic E-state index is -2.77. The highest BCUT2D eigenvalue weighted by Crippen LogP contribution is 2.56. The number of aliphatic hydroxyl groups excluding tert-OH is 3. The molecule has 10 nitrogen and oxygen atoms in total. The molecule has 0 unspecified atom stereocenters. The number of Topliss-reactive ketones (excluding diaryl/α,β-unsaturated/α-hetero) is 2. The first-order valence-electron chi connectivity index (χ1n) is 11.7. The van der Waals surface area contributed by atoms with Crippen LogP contribution in [0.2, 0.25) is 0 Å². The van der Waals surface area contributed by atoms with Crippen molar-refractivity contribution in [3.63, 3.8) is 0 Å². The number of carbonyl (C=O) groups is 3. The van der Waals surface area contributed by atoms with Crippen molar-refractivity contribution in [3.05, 3.63) is 70.5 Å². The molecule has 2 aromatic carbocycles. The van der Waals surface area contributed by atoms with Crippen LogP contribution in [0.15, 0.2) is 59.4 Å². The highest BCUT2D eigenvalue weighted by molar-refractivity contribution is 6.24. The summed E-state index contributed by atoms with van der Waals surface area (Å²) in [6, 6.07) is 10.6. The van der Waals surface area contributed by atoms with Crippen LogP contribution in [0.4, 0.5) is 0 Å². The van der Waals surface area contributed by atoms with E-state index in [4.69, 9.17) is 5.73 Å². The van der Waals surface area contributed by atoms with Crippen LogP contribution >= 0.6 is 0 Å². The van der Waals surface area contributed by atoms with Gasteiger partial charge in [0.15, 0.2) is 11.4 Å². The quantitative estimate of drug-likeness (QED) is 0.332. The number of phenolic OH excluding ortho intramolecular Hbond substituents is 1. The summed E-state index contributed by atoms with van der Waals surface area (Å²) in [7, 11) is 3.02. The van der Waals surface area contributed by atoms with Crippen molar-refractivity contribution in [2.45, 2.75) is 24.2 Å². The Morgan fingerprint density at radius 1 is 1.05 bits per heavy atom. The van der Waals surface area contributed by atoms with E-state index in [-0.39, 0.29) is 17.5 Å². The normalized spacial score (nSPS) is 29.2. The van der Waals surface area contributed by atoms with E-state index in [0.717, 1.165) is 0 Å². The van der Waals surface area contributed by atoms with Gasteiger partial charge in [0.05, 0.1) is 17.7 Å². The van der Waals surface area contributed by atoms with Crippen molar-refractivity contribution in [3.8, 4) is 16.9 Å². The van der Waals surface area contributed by atoms with Crippen molar-refractivity contribution in [2.24, 2.45) is 17.6 Å². The number of hydrogen-bond donors (Lipinski definition) is 6. The largest absolute Gasteiger partial charge is 0.508 e. The number of likely N-dealkylation sites (N-methyl/N-ethyl adjacent to an activating group) is 1. The first-order chi connectivity index (χ1) is 17.4. The predicted octanol–water partition coefficient (Wildman–Crippen LogP) is 1.12. The molecule has 0 radical (unpaired) electrons. The average Bonchev–Trinajstić information content (AvgIpc) is 2.84. The Kier molecular flexibility index (Phi) is 5.52. The second kappa shape index (κ2) is 8.27. The Bertz CT molecular complexity index is 1430. The van der Waals surface area contributed by atoms with Gasteiger partial charge >= 0.3 is 0 Å². The summed E-state index contributed by atoms with van der Waals surface area (Å²) in [6.45, 7) is 0. The monoisotopic (exact) mass is 506 g/mol. The van der Waals surface area contributed by atoms with Gasteiger partial charge in [0.1, 0.15) is 22.8 Å². The fourth-order valence-corrected chi connectivity index (χ4v) is 6.15. The Hall–Kier alpha value is -3.99. The highest BCUT2D eigenvalue weighted by atomic mass is 16.3. The number of nitrogens with two attached hydrogens (primary N) is 1. The number of phenols is 1. The third-order valence-electron chi connectivity index (χ3n) is 7.78. The van der Waals surface area contributed by atoms with Crippen molar-refractivity contribution >= 4 is 23.2 Å². The summed E-state index contributed by atoms with van der Waals surface area (Å²) in [5, 5.41) is 56.1. The molecule has 3 aliphatic carbocycles. The Morgan fingerprint density at radius 2 is 1.70 bits per heavy atom. The van der Waals surface area contributed by atoms with E-state index in [1.807, 2.05) is 6.07 Å². The van der Waals surface area contributed by atoms with Crippen LogP contribution in [-0.4, -0.2) is 73.6 Å². The number of primary amides is 1. The van der Waals surface area contributed by atoms with E-state index >= 15 is 0 Å². The van der Waals surface area contributed by atoms with Crippen LogP contribution in [0.1, 0.15) is 23.7 Å². The maximum absolute atomic E-state index is 13.9. The van der Waals surface area contributed by atoms with Gasteiger partial charge in [-0.1, -0.05) is 36.4 Å². The highest BCUT2D eigenvalue weighted by Gasteiger charge is 2.65. The molecule has 192 valence electrons. The molecule has 10 heteroatoms. The van der Waals surface area contributed by atoms with Crippen molar-refractivity contribution in [1.29, 1.82) is 0 Å². The predicted molar refractivity (Wildman–Crippen MR) is 131 cm³/mol. The molecule has 0 heterocycles. The van der Waals surface area contributed by atoms with Gasteiger partial charge in [0.2, 0.25) is 5.78 Å². The summed E-state index contributed by atoms with van der Waals surface area (Å²) in [5.41, 5.74) is 2.47. The van der Waals surface area contributed by atoms with Gasteiger partial charge in [0, 0.05) is 23.0 Å². The molecule has 5 atom stereocenters. The zero-order chi connectivity index (χ0) is 27.0. The van der Waals surface area contributed by atoms with Gasteiger partial charge in [-0.3, -0.25) is 19.3 Å². The number of carbonyl (C=O) groups excluding carboxylic acids is 3. The smallest absolute Gasteiger partial charge is 0.255 e. The van der Waals surface area contributed by atoms with Crippen LogP contribution in [0, 0.1) is 11.8 Å². The molecular weight excluding hydrogens is 480 g/mol. The minimum Gasteiger partial charge on any atom is -0.508 e. The summed E-state index contributed by atoms with van der Waals surface area (Å²) < 4.78 is 0. The van der Waals surface area contributed by atoms with Crippen LogP contribution in [0.3, 0.4) is 0 Å². The number of hydrogen-bond acceptors (Lipinski definition) is 9. The van der Waals surface area contributed by atoms with Gasteiger partial charge in [-0.15, -0.1) is 0 Å². The van der Waals surface area contributed by atoms with E-state index in [1.54, 1.807) is 30.3 Å². The lowest BCUT2D eigenvalue weighted by Crippen LogP contribution is -2.66. The zero-order valence-electron chi connectivity index (χ0n) is 20.0.